The van der Waals surface area contributed by atoms with Crippen molar-refractivity contribution in [3.63, 3.8) is 0 Å². The lowest BCUT2D eigenvalue weighted by Gasteiger charge is -2.32. The predicted octanol–water partition coefficient (Wildman–Crippen LogP) is 4.43. The lowest BCUT2D eigenvalue weighted by molar-refractivity contribution is -0.0348. The summed E-state index contributed by atoms with van der Waals surface area (Å²) in [5, 5.41) is 4.36. The summed E-state index contributed by atoms with van der Waals surface area (Å²) in [4.78, 5) is 11.2. The fourth-order valence-corrected chi connectivity index (χ4v) is 4.25. The van der Waals surface area contributed by atoms with Crippen LogP contribution in [0.1, 0.15) is 17.4 Å². The Morgan fingerprint density at radius 2 is 2.09 bits per heavy atom. The zero-order valence-corrected chi connectivity index (χ0v) is 18.7. The Hall–Kier alpha value is -3.49. The molecule has 0 radical (unpaired) electrons. The summed E-state index contributed by atoms with van der Waals surface area (Å²) in [6.07, 6.45) is 3.24. The van der Waals surface area contributed by atoms with Crippen molar-refractivity contribution in [3.05, 3.63) is 78.0 Å². The minimum Gasteiger partial charge on any atom is -0.497 e. The molecule has 1 aliphatic heterocycles. The number of rotatable bonds is 6. The van der Waals surface area contributed by atoms with Gasteiger partial charge < -0.3 is 19.4 Å². The van der Waals surface area contributed by atoms with Gasteiger partial charge in [0.1, 0.15) is 29.3 Å². The third kappa shape index (κ3) is 4.67. The van der Waals surface area contributed by atoms with Crippen LogP contribution in [0.5, 0.6) is 5.75 Å². The van der Waals surface area contributed by atoms with E-state index in [9.17, 15) is 4.39 Å². The summed E-state index contributed by atoms with van der Waals surface area (Å²) in [5.74, 6) is 1.68. The number of fused-ring (bicyclic) bond motifs is 1. The van der Waals surface area contributed by atoms with Crippen LogP contribution >= 0.6 is 0 Å². The Kier molecular flexibility index (Phi) is 5.93. The molecule has 0 bridgehead atoms. The van der Waals surface area contributed by atoms with Gasteiger partial charge in [0.2, 0.25) is 0 Å². The monoisotopic (exact) mass is 447 g/mol. The molecule has 1 fully saturated rings. The number of aryl methyl sites for hydroxylation is 1. The van der Waals surface area contributed by atoms with E-state index >= 15 is 0 Å². The normalized spacial score (nSPS) is 16.8. The molecule has 8 heteroatoms. The van der Waals surface area contributed by atoms with E-state index in [4.69, 9.17) is 14.5 Å². The highest BCUT2D eigenvalue weighted by Gasteiger charge is 2.24. The second kappa shape index (κ2) is 9.17. The molecule has 5 rings (SSSR count). The third-order valence-electron chi connectivity index (χ3n) is 5.91. The first-order valence-electron chi connectivity index (χ1n) is 10.9. The number of methoxy groups -OCH3 is 1. The Labute approximate surface area is 191 Å². The summed E-state index contributed by atoms with van der Waals surface area (Å²) >= 11 is 0. The standard InChI is InChI=1S/C25H26FN5O2/c1-30-14-17(20-8-7-19(32-2)12-22(20)30)15-31-10-11-33-23(16-31)21-4-3-5-25(28-21)29-24-9-6-18(26)13-27-24/h3-9,12-14,23H,10-11,15-16H2,1-2H3,(H,27,28,29). The fourth-order valence-electron chi connectivity index (χ4n) is 4.25. The number of morpholine rings is 1. The molecule has 0 spiro atoms. The molecule has 1 saturated heterocycles. The fraction of sp³-hybridized carbons (Fsp3) is 0.280. The number of nitrogens with zero attached hydrogens (tertiary/aromatic N) is 4. The molecule has 3 aromatic heterocycles. The first kappa shape index (κ1) is 21.4. The highest BCUT2D eigenvalue weighted by Crippen LogP contribution is 2.28. The number of ether oxygens (including phenoxy) is 2. The minimum atomic E-state index is -0.372. The van der Waals surface area contributed by atoms with Gasteiger partial charge in [0.15, 0.2) is 0 Å². The van der Waals surface area contributed by atoms with Crippen molar-refractivity contribution in [2.45, 2.75) is 12.6 Å². The average molecular weight is 448 g/mol. The van der Waals surface area contributed by atoms with Gasteiger partial charge in [-0.1, -0.05) is 6.07 Å². The smallest absolute Gasteiger partial charge is 0.141 e. The number of nitrogens with one attached hydrogen (secondary N) is 1. The lowest BCUT2D eigenvalue weighted by Crippen LogP contribution is -2.38. The maximum Gasteiger partial charge on any atom is 0.141 e. The number of hydrogen-bond donors (Lipinski definition) is 1. The van der Waals surface area contributed by atoms with Crippen LogP contribution in [0, 0.1) is 5.82 Å². The van der Waals surface area contributed by atoms with E-state index in [0.717, 1.165) is 36.6 Å². The molecule has 170 valence electrons. The Bertz CT molecular complexity index is 1260. The molecule has 33 heavy (non-hydrogen) atoms. The lowest BCUT2D eigenvalue weighted by atomic mass is 10.1. The van der Waals surface area contributed by atoms with Crippen molar-refractivity contribution in [1.29, 1.82) is 0 Å². The summed E-state index contributed by atoms with van der Waals surface area (Å²) in [7, 11) is 3.75. The molecule has 1 atom stereocenters. The van der Waals surface area contributed by atoms with Crippen LogP contribution in [-0.2, 0) is 18.3 Å². The predicted molar refractivity (Wildman–Crippen MR) is 125 cm³/mol. The van der Waals surface area contributed by atoms with Crippen LogP contribution in [0.25, 0.3) is 10.9 Å². The molecule has 1 aromatic carbocycles. The number of anilines is 2. The molecule has 0 aliphatic carbocycles. The zero-order valence-electron chi connectivity index (χ0n) is 18.7. The molecule has 4 heterocycles. The van der Waals surface area contributed by atoms with E-state index in [0.29, 0.717) is 18.2 Å². The Morgan fingerprint density at radius 1 is 1.18 bits per heavy atom. The molecule has 4 aromatic rings. The van der Waals surface area contributed by atoms with Crippen molar-refractivity contribution in [2.24, 2.45) is 7.05 Å². The third-order valence-corrected chi connectivity index (χ3v) is 5.91. The van der Waals surface area contributed by atoms with Gasteiger partial charge >= 0.3 is 0 Å². The van der Waals surface area contributed by atoms with Crippen LogP contribution in [-0.4, -0.2) is 46.2 Å². The van der Waals surface area contributed by atoms with Gasteiger partial charge in [-0.05, 0) is 42.0 Å². The number of benzene rings is 1. The molecular weight excluding hydrogens is 421 g/mol. The zero-order chi connectivity index (χ0) is 22.8. The van der Waals surface area contributed by atoms with Gasteiger partial charge in [0.25, 0.3) is 0 Å². The van der Waals surface area contributed by atoms with E-state index in [1.807, 2.05) is 24.3 Å². The van der Waals surface area contributed by atoms with Gasteiger partial charge in [-0.2, -0.15) is 0 Å². The van der Waals surface area contributed by atoms with Crippen molar-refractivity contribution in [3.8, 4) is 5.75 Å². The van der Waals surface area contributed by atoms with Crippen LogP contribution < -0.4 is 10.1 Å². The first-order chi connectivity index (χ1) is 16.1. The highest BCUT2D eigenvalue weighted by molar-refractivity contribution is 5.85. The number of pyridine rings is 2. The molecular formula is C25H26FN5O2. The maximum atomic E-state index is 13.1. The van der Waals surface area contributed by atoms with Gasteiger partial charge in [-0.3, -0.25) is 4.90 Å². The summed E-state index contributed by atoms with van der Waals surface area (Å²) in [6, 6.07) is 14.9. The summed E-state index contributed by atoms with van der Waals surface area (Å²) in [6.45, 7) is 3.08. The molecule has 1 N–H and O–H groups in total. The van der Waals surface area contributed by atoms with E-state index in [1.54, 1.807) is 13.2 Å². The molecule has 7 nitrogen and oxygen atoms in total. The maximum absolute atomic E-state index is 13.1. The second-order valence-corrected chi connectivity index (χ2v) is 8.18. The van der Waals surface area contributed by atoms with Gasteiger partial charge in [0.05, 0.1) is 31.1 Å². The minimum absolute atomic E-state index is 0.128. The molecule has 0 saturated carbocycles. The van der Waals surface area contributed by atoms with Crippen LogP contribution in [0.15, 0.2) is 60.9 Å². The van der Waals surface area contributed by atoms with Crippen LogP contribution in [0.3, 0.4) is 0 Å². The van der Waals surface area contributed by atoms with Crippen molar-refractivity contribution in [1.82, 2.24) is 19.4 Å². The van der Waals surface area contributed by atoms with Gasteiger partial charge in [-0.15, -0.1) is 0 Å². The topological polar surface area (TPSA) is 64.4 Å². The Morgan fingerprint density at radius 3 is 2.91 bits per heavy atom. The quantitative estimate of drug-likeness (QED) is 0.472. The molecule has 0 amide bonds. The number of aromatic nitrogens is 3. The number of hydrogen-bond acceptors (Lipinski definition) is 6. The SMILES string of the molecule is COc1ccc2c(CN3CCOC(c4cccc(Nc5ccc(F)cn5)n4)C3)cn(C)c2c1. The molecule has 1 aliphatic rings. The van der Waals surface area contributed by atoms with E-state index in [1.165, 1.54) is 23.2 Å². The summed E-state index contributed by atoms with van der Waals surface area (Å²) < 4.78 is 26.7. The number of halogens is 1. The second-order valence-electron chi connectivity index (χ2n) is 8.18. The largest absolute Gasteiger partial charge is 0.497 e. The van der Waals surface area contributed by atoms with Gasteiger partial charge in [-0.25, -0.2) is 14.4 Å². The van der Waals surface area contributed by atoms with E-state index in [-0.39, 0.29) is 11.9 Å². The summed E-state index contributed by atoms with van der Waals surface area (Å²) in [5.41, 5.74) is 3.29. The Balaban J connectivity index is 1.30. The van der Waals surface area contributed by atoms with E-state index in [2.05, 4.69) is 45.1 Å². The van der Waals surface area contributed by atoms with Crippen molar-refractivity contribution >= 4 is 22.5 Å². The molecule has 1 unspecified atom stereocenters. The van der Waals surface area contributed by atoms with Gasteiger partial charge in [0, 0.05) is 44.3 Å². The highest BCUT2D eigenvalue weighted by atomic mass is 19.1. The van der Waals surface area contributed by atoms with Crippen molar-refractivity contribution in [2.75, 3.05) is 32.1 Å². The van der Waals surface area contributed by atoms with Crippen LogP contribution in [0.4, 0.5) is 16.0 Å². The van der Waals surface area contributed by atoms with Crippen molar-refractivity contribution < 1.29 is 13.9 Å². The first-order valence-corrected chi connectivity index (χ1v) is 10.9. The van der Waals surface area contributed by atoms with Crippen LogP contribution in [0.2, 0.25) is 0 Å². The average Bonchev–Trinajstić information content (AvgIpc) is 3.15. The van der Waals surface area contributed by atoms with E-state index < -0.39 is 0 Å².